The number of rotatable bonds is 3. The predicted octanol–water partition coefficient (Wildman–Crippen LogP) is 0.357. The van der Waals surface area contributed by atoms with Crippen molar-refractivity contribution in [2.24, 2.45) is 10.9 Å². The van der Waals surface area contributed by atoms with E-state index in [4.69, 9.17) is 20.4 Å². The van der Waals surface area contributed by atoms with Crippen molar-refractivity contribution in [3.63, 3.8) is 0 Å². The highest BCUT2D eigenvalue weighted by Crippen LogP contribution is 2.27. The number of ether oxygens (including phenoxy) is 2. The minimum absolute atomic E-state index is 0.0736. The highest BCUT2D eigenvalue weighted by Gasteiger charge is 2.39. The van der Waals surface area contributed by atoms with E-state index in [0.29, 0.717) is 26.1 Å². The summed E-state index contributed by atoms with van der Waals surface area (Å²) in [7, 11) is 0. The van der Waals surface area contributed by atoms with Gasteiger partial charge in [0.05, 0.1) is 19.8 Å². The average Bonchev–Trinajstić information content (AvgIpc) is 2.74. The predicted molar refractivity (Wildman–Crippen MR) is 72.5 cm³/mol. The maximum absolute atomic E-state index is 12.3. The monoisotopic (exact) mass is 285 g/mol. The van der Waals surface area contributed by atoms with Gasteiger partial charge in [-0.15, -0.1) is 0 Å². The number of amides is 1. The SMILES string of the molecule is NC(=NO)C1(NC(=O)C2COCCO2)CCCCCC1. The Bertz CT molecular complexity index is 359. The Labute approximate surface area is 118 Å². The van der Waals surface area contributed by atoms with Crippen molar-refractivity contribution in [3.05, 3.63) is 0 Å². The molecule has 1 saturated carbocycles. The molecule has 1 atom stereocenters. The molecular weight excluding hydrogens is 262 g/mol. The lowest BCUT2D eigenvalue weighted by molar-refractivity contribution is -0.148. The van der Waals surface area contributed by atoms with Crippen LogP contribution in [0.5, 0.6) is 0 Å². The highest BCUT2D eigenvalue weighted by atomic mass is 16.6. The van der Waals surface area contributed by atoms with Crippen LogP contribution in [-0.2, 0) is 14.3 Å². The van der Waals surface area contributed by atoms with Gasteiger partial charge in [-0.3, -0.25) is 4.79 Å². The third-order valence-electron chi connectivity index (χ3n) is 4.03. The zero-order valence-corrected chi connectivity index (χ0v) is 11.6. The first kappa shape index (κ1) is 15.1. The smallest absolute Gasteiger partial charge is 0.252 e. The molecule has 0 radical (unpaired) electrons. The van der Waals surface area contributed by atoms with Gasteiger partial charge in [-0.25, -0.2) is 0 Å². The van der Waals surface area contributed by atoms with Gasteiger partial charge >= 0.3 is 0 Å². The molecule has 1 aliphatic heterocycles. The number of carbonyl (C=O) groups is 1. The summed E-state index contributed by atoms with van der Waals surface area (Å²) in [6, 6.07) is 0. The summed E-state index contributed by atoms with van der Waals surface area (Å²) in [6.45, 7) is 1.17. The molecule has 1 aliphatic carbocycles. The third-order valence-corrected chi connectivity index (χ3v) is 4.03. The number of nitrogens with one attached hydrogen (secondary N) is 1. The molecule has 1 saturated heterocycles. The Balaban J connectivity index is 2.08. The van der Waals surface area contributed by atoms with Crippen LogP contribution in [0.25, 0.3) is 0 Å². The second-order valence-electron chi connectivity index (χ2n) is 5.41. The van der Waals surface area contributed by atoms with Gasteiger partial charge in [-0.1, -0.05) is 30.8 Å². The van der Waals surface area contributed by atoms with Crippen molar-refractivity contribution in [2.45, 2.75) is 50.2 Å². The van der Waals surface area contributed by atoms with Crippen molar-refractivity contribution >= 4 is 11.7 Å². The van der Waals surface area contributed by atoms with Crippen molar-refractivity contribution in [1.82, 2.24) is 5.32 Å². The van der Waals surface area contributed by atoms with Crippen molar-refractivity contribution in [2.75, 3.05) is 19.8 Å². The van der Waals surface area contributed by atoms with Gasteiger partial charge in [0.1, 0.15) is 5.54 Å². The summed E-state index contributed by atoms with van der Waals surface area (Å²) in [5, 5.41) is 15.1. The molecule has 2 rings (SSSR count). The Morgan fingerprint density at radius 1 is 1.25 bits per heavy atom. The van der Waals surface area contributed by atoms with Gasteiger partial charge in [-0.05, 0) is 12.8 Å². The van der Waals surface area contributed by atoms with Crippen LogP contribution in [0, 0.1) is 0 Å². The average molecular weight is 285 g/mol. The second-order valence-corrected chi connectivity index (χ2v) is 5.41. The number of oxime groups is 1. The van der Waals surface area contributed by atoms with Crippen molar-refractivity contribution < 1.29 is 19.5 Å². The summed E-state index contributed by atoms with van der Waals surface area (Å²) in [4.78, 5) is 12.3. The van der Waals surface area contributed by atoms with E-state index < -0.39 is 11.6 Å². The van der Waals surface area contributed by atoms with Crippen LogP contribution in [0.2, 0.25) is 0 Å². The normalized spacial score (nSPS) is 27.6. The van der Waals surface area contributed by atoms with Crippen LogP contribution in [0.3, 0.4) is 0 Å². The quantitative estimate of drug-likeness (QED) is 0.228. The number of carbonyl (C=O) groups excluding carboxylic acids is 1. The summed E-state index contributed by atoms with van der Waals surface area (Å²) in [5.41, 5.74) is 5.08. The Morgan fingerprint density at radius 2 is 1.95 bits per heavy atom. The molecule has 114 valence electrons. The van der Waals surface area contributed by atoms with E-state index in [0.717, 1.165) is 25.7 Å². The number of hydrogen-bond donors (Lipinski definition) is 3. The fourth-order valence-corrected chi connectivity index (χ4v) is 2.83. The molecule has 2 aliphatic rings. The summed E-state index contributed by atoms with van der Waals surface area (Å²) in [6.07, 6.45) is 4.83. The van der Waals surface area contributed by atoms with Crippen LogP contribution < -0.4 is 11.1 Å². The first-order chi connectivity index (χ1) is 9.68. The highest BCUT2D eigenvalue weighted by molar-refractivity contribution is 5.95. The van der Waals surface area contributed by atoms with Crippen molar-refractivity contribution in [3.8, 4) is 0 Å². The third kappa shape index (κ3) is 3.40. The van der Waals surface area contributed by atoms with Gasteiger partial charge in [0.25, 0.3) is 5.91 Å². The molecule has 2 fully saturated rings. The van der Waals surface area contributed by atoms with E-state index in [-0.39, 0.29) is 18.3 Å². The lowest BCUT2D eigenvalue weighted by Crippen LogP contribution is -2.60. The maximum Gasteiger partial charge on any atom is 0.252 e. The fourth-order valence-electron chi connectivity index (χ4n) is 2.83. The standard InChI is InChI=1S/C13H23N3O4/c14-12(16-18)13(5-3-1-2-4-6-13)15-11(17)10-9-19-7-8-20-10/h10,18H,1-9H2,(H2,14,16)(H,15,17). The van der Waals surface area contributed by atoms with E-state index >= 15 is 0 Å². The number of nitrogens with two attached hydrogens (primary N) is 1. The minimum Gasteiger partial charge on any atom is -0.409 e. The van der Waals surface area contributed by atoms with E-state index in [9.17, 15) is 4.79 Å². The molecular formula is C13H23N3O4. The zero-order valence-electron chi connectivity index (χ0n) is 11.6. The molecule has 20 heavy (non-hydrogen) atoms. The van der Waals surface area contributed by atoms with Crippen molar-refractivity contribution in [1.29, 1.82) is 0 Å². The minimum atomic E-state index is -0.761. The Morgan fingerprint density at radius 3 is 2.50 bits per heavy atom. The zero-order chi connectivity index (χ0) is 14.4. The van der Waals surface area contributed by atoms with Gasteiger partial charge in [0.2, 0.25) is 0 Å². The first-order valence-electron chi connectivity index (χ1n) is 7.17. The van der Waals surface area contributed by atoms with Gasteiger partial charge < -0.3 is 25.7 Å². The molecule has 4 N–H and O–H groups in total. The lowest BCUT2D eigenvalue weighted by Gasteiger charge is -2.34. The van der Waals surface area contributed by atoms with E-state index in [1.54, 1.807) is 0 Å². The molecule has 1 unspecified atom stereocenters. The van der Waals surface area contributed by atoms with Crippen LogP contribution >= 0.6 is 0 Å². The summed E-state index contributed by atoms with van der Waals surface area (Å²) < 4.78 is 10.6. The van der Waals surface area contributed by atoms with E-state index in [1.807, 2.05) is 0 Å². The molecule has 0 aromatic heterocycles. The second kappa shape index (κ2) is 6.90. The summed E-state index contributed by atoms with van der Waals surface area (Å²) in [5.74, 6) is -0.178. The molecule has 1 heterocycles. The topological polar surface area (TPSA) is 106 Å². The van der Waals surface area contributed by atoms with Crippen LogP contribution in [0.1, 0.15) is 38.5 Å². The molecule has 7 heteroatoms. The molecule has 7 nitrogen and oxygen atoms in total. The van der Waals surface area contributed by atoms with Gasteiger partial charge in [0.15, 0.2) is 11.9 Å². The van der Waals surface area contributed by atoms with Crippen LogP contribution in [0.15, 0.2) is 5.16 Å². The maximum atomic E-state index is 12.3. The van der Waals surface area contributed by atoms with E-state index in [2.05, 4.69) is 10.5 Å². The van der Waals surface area contributed by atoms with Crippen LogP contribution in [-0.4, -0.2) is 48.4 Å². The number of amidine groups is 1. The van der Waals surface area contributed by atoms with Crippen LogP contribution in [0.4, 0.5) is 0 Å². The molecule has 1 amide bonds. The number of hydrogen-bond acceptors (Lipinski definition) is 5. The Kier molecular flexibility index (Phi) is 5.19. The summed E-state index contributed by atoms with van der Waals surface area (Å²) >= 11 is 0. The molecule has 0 aromatic carbocycles. The van der Waals surface area contributed by atoms with Gasteiger partial charge in [0, 0.05) is 0 Å². The molecule has 0 spiro atoms. The Hall–Kier alpha value is -1.34. The number of nitrogens with zero attached hydrogens (tertiary/aromatic N) is 1. The lowest BCUT2D eigenvalue weighted by atomic mass is 9.88. The van der Waals surface area contributed by atoms with Gasteiger partial charge in [-0.2, -0.15) is 0 Å². The van der Waals surface area contributed by atoms with E-state index in [1.165, 1.54) is 0 Å². The largest absolute Gasteiger partial charge is 0.409 e. The first-order valence-corrected chi connectivity index (χ1v) is 7.17. The molecule has 0 bridgehead atoms. The molecule has 0 aromatic rings. The fraction of sp³-hybridized carbons (Fsp3) is 0.846.